The van der Waals surface area contributed by atoms with Gasteiger partial charge >= 0.3 is 12.1 Å². The molecule has 1 aromatic heterocycles. The van der Waals surface area contributed by atoms with E-state index < -0.39 is 23.8 Å². The van der Waals surface area contributed by atoms with Crippen molar-refractivity contribution in [1.82, 2.24) is 9.88 Å². The van der Waals surface area contributed by atoms with Crippen LogP contribution in [0.4, 0.5) is 18.9 Å². The maximum atomic E-state index is 13.2. The predicted octanol–water partition coefficient (Wildman–Crippen LogP) is 8.34. The molecule has 0 radical (unpaired) electrons. The first kappa shape index (κ1) is 35.6. The van der Waals surface area contributed by atoms with Gasteiger partial charge in [-0.2, -0.15) is 13.2 Å². The summed E-state index contributed by atoms with van der Waals surface area (Å²) in [7, 11) is 1.67. The third-order valence-corrected chi connectivity index (χ3v) is 10.5. The third-order valence-electron chi connectivity index (χ3n) is 8.11. The Morgan fingerprint density at radius 2 is 1.77 bits per heavy atom. The number of aryl methyl sites for hydroxylation is 1. The number of carbonyl (C=O) groups is 1. The molecule has 4 aromatic rings. The molecule has 0 saturated carbocycles. The maximum Gasteiger partial charge on any atom is 0.416 e. The van der Waals surface area contributed by atoms with Crippen LogP contribution in [0, 0.1) is 0 Å². The van der Waals surface area contributed by atoms with E-state index in [1.54, 1.807) is 32.7 Å². The summed E-state index contributed by atoms with van der Waals surface area (Å²) in [5.41, 5.74) is 3.04. The minimum atomic E-state index is -4.39. The Balaban J connectivity index is 1.32. The second-order valence-electron chi connectivity index (χ2n) is 11.4. The number of methoxy groups -OCH3 is 1. The second-order valence-corrected chi connectivity index (χ2v) is 13.5. The standard InChI is InChI=1S/C36H40F3N3O4S2/c1-5-25-20-30(14-15-32(25)46-24(3)35(43)45-6-2)47-23-33-31(40-34(48-33)26-10-12-27(13-11-26)36(37,38)39)22-41-16-18-42(19-17-41)28-8-7-9-29(21-28)44-4/h7-15,20-21,24H,5-6,16-19,22-23H2,1-4H3. The number of anilines is 1. The van der Waals surface area contributed by atoms with Gasteiger partial charge in [0.15, 0.2) is 6.10 Å². The maximum absolute atomic E-state index is 13.2. The zero-order chi connectivity index (χ0) is 34.3. The van der Waals surface area contributed by atoms with Crippen molar-refractivity contribution < 1.29 is 32.2 Å². The highest BCUT2D eigenvalue weighted by molar-refractivity contribution is 7.98. The highest BCUT2D eigenvalue weighted by Gasteiger charge is 2.30. The summed E-state index contributed by atoms with van der Waals surface area (Å²) in [4.78, 5) is 23.9. The molecule has 5 rings (SSSR count). The number of thioether (sulfide) groups is 1. The molecule has 1 aliphatic rings. The Bertz CT molecular complexity index is 1670. The van der Waals surface area contributed by atoms with Crippen molar-refractivity contribution in [3.8, 4) is 22.1 Å². The quantitative estimate of drug-likeness (QED) is 0.102. The normalized spacial score (nSPS) is 14.5. The Kier molecular flexibility index (Phi) is 11.9. The molecule has 1 aliphatic heterocycles. The van der Waals surface area contributed by atoms with E-state index in [2.05, 4.69) is 21.9 Å². The van der Waals surface area contributed by atoms with Gasteiger partial charge in [-0.25, -0.2) is 9.78 Å². The molecular weight excluding hydrogens is 660 g/mol. The highest BCUT2D eigenvalue weighted by atomic mass is 32.2. The number of thiazole rings is 1. The molecule has 12 heteroatoms. The van der Waals surface area contributed by atoms with E-state index in [-0.39, 0.29) is 0 Å². The lowest BCUT2D eigenvalue weighted by atomic mass is 10.1. The van der Waals surface area contributed by atoms with Crippen LogP contribution in [0.2, 0.25) is 0 Å². The molecule has 48 heavy (non-hydrogen) atoms. The average Bonchev–Trinajstić information content (AvgIpc) is 3.50. The van der Waals surface area contributed by atoms with Crippen LogP contribution >= 0.6 is 23.1 Å². The minimum Gasteiger partial charge on any atom is -0.497 e. The van der Waals surface area contributed by atoms with Gasteiger partial charge in [0.25, 0.3) is 0 Å². The zero-order valence-electron chi connectivity index (χ0n) is 27.5. The van der Waals surface area contributed by atoms with E-state index in [4.69, 9.17) is 19.2 Å². The second kappa shape index (κ2) is 16.1. The summed E-state index contributed by atoms with van der Waals surface area (Å²) in [6, 6.07) is 19.2. The third kappa shape index (κ3) is 9.03. The monoisotopic (exact) mass is 699 g/mol. The van der Waals surface area contributed by atoms with Gasteiger partial charge in [0.1, 0.15) is 16.5 Å². The average molecular weight is 700 g/mol. The summed E-state index contributed by atoms with van der Waals surface area (Å²) in [5.74, 6) is 1.73. The van der Waals surface area contributed by atoms with Crippen molar-refractivity contribution in [2.75, 3.05) is 44.8 Å². The Labute approximate surface area is 288 Å². The lowest BCUT2D eigenvalue weighted by Crippen LogP contribution is -2.46. The first-order valence-electron chi connectivity index (χ1n) is 15.9. The van der Waals surface area contributed by atoms with Crippen LogP contribution < -0.4 is 14.4 Å². The number of alkyl halides is 3. The number of nitrogens with zero attached hydrogens (tertiary/aromatic N) is 3. The number of rotatable bonds is 13. The Morgan fingerprint density at radius 3 is 2.44 bits per heavy atom. The molecule has 0 N–H and O–H groups in total. The fourth-order valence-electron chi connectivity index (χ4n) is 5.41. The van der Waals surface area contributed by atoms with Crippen LogP contribution in [0.25, 0.3) is 10.6 Å². The van der Waals surface area contributed by atoms with Crippen LogP contribution in [0.1, 0.15) is 42.5 Å². The van der Waals surface area contributed by atoms with Crippen LogP contribution in [0.3, 0.4) is 0 Å². The molecule has 0 aliphatic carbocycles. The lowest BCUT2D eigenvalue weighted by Gasteiger charge is -2.36. The van der Waals surface area contributed by atoms with Crippen LogP contribution in [-0.2, 0) is 34.4 Å². The van der Waals surface area contributed by atoms with Crippen molar-refractivity contribution in [2.24, 2.45) is 0 Å². The summed E-state index contributed by atoms with van der Waals surface area (Å²) < 4.78 is 56.1. The van der Waals surface area contributed by atoms with Crippen molar-refractivity contribution >= 4 is 34.8 Å². The van der Waals surface area contributed by atoms with Crippen LogP contribution in [0.15, 0.2) is 71.6 Å². The smallest absolute Gasteiger partial charge is 0.416 e. The molecule has 0 spiro atoms. The van der Waals surface area contributed by atoms with E-state index >= 15 is 0 Å². The van der Waals surface area contributed by atoms with E-state index in [0.29, 0.717) is 35.2 Å². The molecule has 3 aromatic carbocycles. The van der Waals surface area contributed by atoms with Gasteiger partial charge in [0, 0.05) is 65.6 Å². The molecule has 1 unspecified atom stereocenters. The fraction of sp³-hybridized carbons (Fsp3) is 0.389. The summed E-state index contributed by atoms with van der Waals surface area (Å²) in [6.07, 6.45) is -4.38. The van der Waals surface area contributed by atoms with Gasteiger partial charge in [0.2, 0.25) is 0 Å². The van der Waals surface area contributed by atoms with Crippen molar-refractivity contribution in [3.05, 3.63) is 88.4 Å². The highest BCUT2D eigenvalue weighted by Crippen LogP contribution is 2.37. The number of hydrogen-bond donors (Lipinski definition) is 0. The number of ether oxygens (including phenoxy) is 3. The summed E-state index contributed by atoms with van der Waals surface area (Å²) >= 11 is 3.20. The molecular formula is C36H40F3N3O4S2. The fourth-order valence-corrected chi connectivity index (χ4v) is 7.55. The molecule has 1 fully saturated rings. The van der Waals surface area contributed by atoms with Gasteiger partial charge in [-0.15, -0.1) is 23.1 Å². The molecule has 1 saturated heterocycles. The van der Waals surface area contributed by atoms with Crippen LogP contribution in [0.5, 0.6) is 11.5 Å². The number of benzene rings is 3. The molecule has 0 bridgehead atoms. The van der Waals surface area contributed by atoms with Gasteiger partial charge in [-0.05, 0) is 68.3 Å². The van der Waals surface area contributed by atoms with Gasteiger partial charge in [0.05, 0.1) is 25.0 Å². The molecule has 1 atom stereocenters. The van der Waals surface area contributed by atoms with Crippen LogP contribution in [-0.4, -0.2) is 61.9 Å². The lowest BCUT2D eigenvalue weighted by molar-refractivity contribution is -0.150. The minimum absolute atomic E-state index is 0.294. The largest absolute Gasteiger partial charge is 0.497 e. The number of piperazine rings is 1. The number of hydrogen-bond acceptors (Lipinski definition) is 9. The number of aromatic nitrogens is 1. The van der Waals surface area contributed by atoms with Crippen molar-refractivity contribution in [3.63, 3.8) is 0 Å². The van der Waals surface area contributed by atoms with E-state index in [9.17, 15) is 18.0 Å². The molecule has 7 nitrogen and oxygen atoms in total. The first-order valence-corrected chi connectivity index (χ1v) is 17.7. The predicted molar refractivity (Wildman–Crippen MR) is 185 cm³/mol. The zero-order valence-corrected chi connectivity index (χ0v) is 29.1. The number of halogens is 3. The van der Waals surface area contributed by atoms with Gasteiger partial charge in [-0.1, -0.05) is 25.1 Å². The van der Waals surface area contributed by atoms with E-state index in [1.807, 2.05) is 37.3 Å². The SMILES string of the molecule is CCOC(=O)C(C)Oc1ccc(SCc2sc(-c3ccc(C(F)(F)F)cc3)nc2CN2CCN(c3cccc(OC)c3)CC2)cc1CC. The molecule has 256 valence electrons. The topological polar surface area (TPSA) is 64.1 Å². The van der Waals surface area contributed by atoms with Crippen molar-refractivity contribution in [2.45, 2.75) is 56.7 Å². The van der Waals surface area contributed by atoms with E-state index in [1.165, 1.54) is 23.5 Å². The molecule has 0 amide bonds. The summed E-state index contributed by atoms with van der Waals surface area (Å²) in [5, 5.41) is 0.704. The Morgan fingerprint density at radius 1 is 1.02 bits per heavy atom. The van der Waals surface area contributed by atoms with Crippen molar-refractivity contribution in [1.29, 1.82) is 0 Å². The number of carbonyl (C=O) groups excluding carboxylic acids is 1. The van der Waals surface area contributed by atoms with Gasteiger partial charge in [-0.3, -0.25) is 4.90 Å². The first-order chi connectivity index (χ1) is 23.1. The van der Waals surface area contributed by atoms with E-state index in [0.717, 1.165) is 77.2 Å². The number of esters is 1. The van der Waals surface area contributed by atoms with Gasteiger partial charge < -0.3 is 19.1 Å². The molecule has 2 heterocycles. The summed E-state index contributed by atoms with van der Waals surface area (Å²) in [6.45, 7) is 9.84. The Hall–Kier alpha value is -3.74.